The summed E-state index contributed by atoms with van der Waals surface area (Å²) in [5.41, 5.74) is 3.04. The van der Waals surface area contributed by atoms with Crippen molar-refractivity contribution in [3.8, 4) is 17.0 Å². The number of H-pyrrole nitrogens is 2. The molecule has 36 heavy (non-hydrogen) atoms. The first-order chi connectivity index (χ1) is 17.5. The van der Waals surface area contributed by atoms with Crippen molar-refractivity contribution in [2.24, 2.45) is 0 Å². The van der Waals surface area contributed by atoms with Crippen molar-refractivity contribution in [2.45, 2.75) is 38.6 Å². The first kappa shape index (κ1) is 23.0. The lowest BCUT2D eigenvalue weighted by molar-refractivity contribution is 0.0615. The molecule has 2 N–H and O–H groups in total. The first-order valence-electron chi connectivity index (χ1n) is 12.3. The molecule has 0 radical (unpaired) electrons. The van der Waals surface area contributed by atoms with E-state index in [1.807, 2.05) is 18.2 Å². The van der Waals surface area contributed by atoms with Gasteiger partial charge in [0.25, 0.3) is 11.1 Å². The van der Waals surface area contributed by atoms with Gasteiger partial charge >= 0.3 is 0 Å². The van der Waals surface area contributed by atoms with E-state index in [0.717, 1.165) is 25.1 Å². The van der Waals surface area contributed by atoms with Gasteiger partial charge < -0.3 is 19.2 Å². The molecule has 2 unspecified atom stereocenters. The lowest BCUT2D eigenvalue weighted by atomic mass is 10.1. The molecule has 0 saturated carbocycles. The van der Waals surface area contributed by atoms with E-state index in [1.165, 1.54) is 0 Å². The summed E-state index contributed by atoms with van der Waals surface area (Å²) in [6.45, 7) is 5.50. The van der Waals surface area contributed by atoms with E-state index in [2.05, 4.69) is 21.9 Å². The van der Waals surface area contributed by atoms with Crippen molar-refractivity contribution < 1.29 is 14.2 Å². The van der Waals surface area contributed by atoms with Crippen molar-refractivity contribution in [3.05, 3.63) is 56.6 Å². The second-order valence-electron chi connectivity index (χ2n) is 9.57. The van der Waals surface area contributed by atoms with Gasteiger partial charge in [-0.1, -0.05) is 12.1 Å². The van der Waals surface area contributed by atoms with Crippen LogP contribution in [-0.4, -0.2) is 70.2 Å². The number of methoxy groups -OCH3 is 1. The van der Waals surface area contributed by atoms with Gasteiger partial charge in [-0.15, -0.1) is 0 Å². The molecule has 188 valence electrons. The van der Waals surface area contributed by atoms with Gasteiger partial charge in [0.15, 0.2) is 0 Å². The Balaban J connectivity index is 1.54. The summed E-state index contributed by atoms with van der Waals surface area (Å²) in [4.78, 5) is 36.5. The standard InChI is InChI=1S/C26H29N5O5/c1-15-10-17-13-30(15)6-7-31-26(33)19-5-3-4-18(22(19)29-31)23-25(32)27-20-11-16(14-35-9-8-34-2)12-21(36-17)24(20)28-23/h3-5,11-12,15,17,29H,6-10,13-14H2,1-2H3,(H,27,32)/t15-,17?/m1/s1. The summed E-state index contributed by atoms with van der Waals surface area (Å²) in [6.07, 6.45) is 0.822. The van der Waals surface area contributed by atoms with Gasteiger partial charge in [0.1, 0.15) is 23.1 Å². The van der Waals surface area contributed by atoms with Gasteiger partial charge in [0.2, 0.25) is 0 Å². The summed E-state index contributed by atoms with van der Waals surface area (Å²) >= 11 is 0. The normalized spacial score (nSPS) is 21.3. The maximum absolute atomic E-state index is 13.2. The summed E-state index contributed by atoms with van der Waals surface area (Å²) in [6, 6.07) is 9.50. The number of nitrogens with zero attached hydrogens (tertiary/aromatic N) is 3. The van der Waals surface area contributed by atoms with Crippen LogP contribution in [0, 0.1) is 0 Å². The number of hydrogen-bond donors (Lipinski definition) is 2. The number of ether oxygens (including phenoxy) is 3. The Kier molecular flexibility index (Phi) is 5.87. The Hall–Kier alpha value is -3.47. The number of hydrogen-bond acceptors (Lipinski definition) is 7. The minimum Gasteiger partial charge on any atom is -0.487 e. The largest absolute Gasteiger partial charge is 0.487 e. The van der Waals surface area contributed by atoms with Crippen LogP contribution >= 0.6 is 0 Å². The molecule has 2 aliphatic rings. The number of para-hydroxylation sites is 1. The maximum Gasteiger partial charge on any atom is 0.275 e. The summed E-state index contributed by atoms with van der Waals surface area (Å²) in [5, 5.41) is 3.78. The van der Waals surface area contributed by atoms with E-state index >= 15 is 0 Å². The number of aromatic nitrogens is 4. The topological polar surface area (TPSA) is 114 Å². The van der Waals surface area contributed by atoms with Crippen molar-refractivity contribution in [2.75, 3.05) is 33.4 Å². The van der Waals surface area contributed by atoms with E-state index in [-0.39, 0.29) is 22.9 Å². The van der Waals surface area contributed by atoms with Crippen molar-refractivity contribution in [1.29, 1.82) is 0 Å². The molecule has 6 rings (SSSR count). The predicted octanol–water partition coefficient (Wildman–Crippen LogP) is 2.25. The fourth-order valence-electron chi connectivity index (χ4n) is 5.30. The average Bonchev–Trinajstić information content (AvgIpc) is 3.38. The third-order valence-electron chi connectivity index (χ3n) is 7.13. The van der Waals surface area contributed by atoms with Crippen LogP contribution in [0.3, 0.4) is 0 Å². The third-order valence-corrected chi connectivity index (χ3v) is 7.13. The zero-order chi connectivity index (χ0) is 24.8. The molecule has 0 aliphatic carbocycles. The monoisotopic (exact) mass is 491 g/mol. The quantitative estimate of drug-likeness (QED) is 0.412. The van der Waals surface area contributed by atoms with Gasteiger partial charge in [-0.05, 0) is 30.7 Å². The second kappa shape index (κ2) is 9.20. The smallest absolute Gasteiger partial charge is 0.275 e. The van der Waals surface area contributed by atoms with Crippen LogP contribution in [0.25, 0.3) is 33.2 Å². The minimum atomic E-state index is -0.334. The number of nitrogens with one attached hydrogen (secondary N) is 2. The van der Waals surface area contributed by atoms with E-state index in [0.29, 0.717) is 65.7 Å². The maximum atomic E-state index is 13.2. The SMILES string of the molecule is COCCOCc1cc2c3nc(c(=O)[nH]c3c1)-c1cccc3c(=O)n([nH]c13)CCN1CC(C[C@H]1C)O2. The highest BCUT2D eigenvalue weighted by Crippen LogP contribution is 2.31. The second-order valence-corrected chi connectivity index (χ2v) is 9.57. The Morgan fingerprint density at radius 1 is 1.19 bits per heavy atom. The average molecular weight is 492 g/mol. The van der Waals surface area contributed by atoms with E-state index in [4.69, 9.17) is 19.2 Å². The van der Waals surface area contributed by atoms with Crippen LogP contribution in [0.2, 0.25) is 0 Å². The van der Waals surface area contributed by atoms with Gasteiger partial charge in [-0.25, -0.2) is 4.98 Å². The molecule has 1 saturated heterocycles. The molecule has 4 heterocycles. The molecule has 10 heteroatoms. The Bertz CT molecular complexity index is 1550. The fourth-order valence-corrected chi connectivity index (χ4v) is 5.30. The first-order valence-corrected chi connectivity index (χ1v) is 12.3. The highest BCUT2D eigenvalue weighted by molar-refractivity contribution is 5.93. The third kappa shape index (κ3) is 4.01. The molecule has 1 fully saturated rings. The highest BCUT2D eigenvalue weighted by atomic mass is 16.5. The van der Waals surface area contributed by atoms with E-state index in [1.54, 1.807) is 23.9 Å². The van der Waals surface area contributed by atoms with Gasteiger partial charge in [-0.3, -0.25) is 24.3 Å². The number of rotatable bonds is 5. The molecule has 10 nitrogen and oxygen atoms in total. The Labute approximate surface area is 206 Å². The van der Waals surface area contributed by atoms with Gasteiger partial charge in [0.05, 0.1) is 42.8 Å². The fraction of sp³-hybridized carbons (Fsp3) is 0.423. The number of aromatic amines is 2. The summed E-state index contributed by atoms with van der Waals surface area (Å²) < 4.78 is 19.0. The van der Waals surface area contributed by atoms with E-state index < -0.39 is 0 Å². The lowest BCUT2D eigenvalue weighted by Gasteiger charge is -2.21. The summed E-state index contributed by atoms with van der Waals surface area (Å²) in [7, 11) is 1.63. The molecule has 6 bridgehead atoms. The van der Waals surface area contributed by atoms with Crippen LogP contribution in [0.5, 0.6) is 5.75 Å². The molecule has 4 aromatic rings. The number of fused-ring (bicyclic) bond motifs is 5. The molecule has 2 aromatic heterocycles. The van der Waals surface area contributed by atoms with Crippen LogP contribution in [0.15, 0.2) is 39.9 Å². The van der Waals surface area contributed by atoms with Gasteiger partial charge in [0, 0.05) is 38.2 Å². The van der Waals surface area contributed by atoms with Crippen LogP contribution in [0.1, 0.15) is 18.9 Å². The molecule has 0 spiro atoms. The number of benzene rings is 2. The Morgan fingerprint density at radius 2 is 2.08 bits per heavy atom. The molecule has 0 amide bonds. The van der Waals surface area contributed by atoms with Crippen LogP contribution < -0.4 is 15.9 Å². The van der Waals surface area contributed by atoms with Crippen molar-refractivity contribution in [3.63, 3.8) is 0 Å². The van der Waals surface area contributed by atoms with E-state index in [9.17, 15) is 9.59 Å². The predicted molar refractivity (Wildman–Crippen MR) is 136 cm³/mol. The highest BCUT2D eigenvalue weighted by Gasteiger charge is 2.31. The zero-order valence-electron chi connectivity index (χ0n) is 20.4. The van der Waals surface area contributed by atoms with Crippen molar-refractivity contribution in [1.82, 2.24) is 24.6 Å². The summed E-state index contributed by atoms with van der Waals surface area (Å²) in [5.74, 6) is 0.615. The van der Waals surface area contributed by atoms with Crippen molar-refractivity contribution >= 4 is 21.9 Å². The minimum absolute atomic E-state index is 0.0353. The molecule has 2 aromatic carbocycles. The molecule has 3 atom stereocenters. The molecular formula is C26H29N5O5. The molecule has 2 aliphatic heterocycles. The zero-order valence-corrected chi connectivity index (χ0v) is 20.4. The molecular weight excluding hydrogens is 462 g/mol. The Morgan fingerprint density at radius 3 is 2.94 bits per heavy atom. The lowest BCUT2D eigenvalue weighted by Crippen LogP contribution is -2.33. The van der Waals surface area contributed by atoms with Crippen LogP contribution in [0.4, 0.5) is 0 Å². The van der Waals surface area contributed by atoms with Crippen LogP contribution in [-0.2, 0) is 22.6 Å². The van der Waals surface area contributed by atoms with Gasteiger partial charge in [-0.2, -0.15) is 0 Å².